The Kier molecular flexibility index (Phi) is 4.85. The lowest BCUT2D eigenvalue weighted by molar-refractivity contribution is -0.140. The van der Waals surface area contributed by atoms with Gasteiger partial charge in [0.05, 0.1) is 17.5 Å². The molecular weight excluding hydrogens is 362 g/mol. The molecule has 1 aliphatic heterocycles. The summed E-state index contributed by atoms with van der Waals surface area (Å²) in [6.45, 7) is 0.118. The van der Waals surface area contributed by atoms with Crippen LogP contribution in [-0.4, -0.2) is 34.2 Å². The number of benzene rings is 1. The molecule has 2 atom stereocenters. The quantitative estimate of drug-likeness (QED) is 0.638. The van der Waals surface area contributed by atoms with E-state index < -0.39 is 0 Å². The fraction of sp³-hybridized carbons (Fsp3) is 0.300. The SMILES string of the molecule is O=C(CCN1C(=O)[C@@H]2CC=CC[C@H]2C1=O)Nc1nc(-c2ccccc2)cs1. The predicted octanol–water partition coefficient (Wildman–Crippen LogP) is 3.09. The molecule has 1 saturated heterocycles. The largest absolute Gasteiger partial charge is 0.302 e. The molecular formula is C20H19N3O3S. The second-order valence-electron chi connectivity index (χ2n) is 6.69. The summed E-state index contributed by atoms with van der Waals surface area (Å²) in [5, 5.41) is 5.15. The first-order valence-corrected chi connectivity index (χ1v) is 9.82. The highest BCUT2D eigenvalue weighted by Crippen LogP contribution is 2.35. The number of rotatable bonds is 5. The topological polar surface area (TPSA) is 79.4 Å². The molecule has 1 aliphatic carbocycles. The van der Waals surface area contributed by atoms with Crippen molar-refractivity contribution in [1.29, 1.82) is 0 Å². The molecule has 138 valence electrons. The average molecular weight is 381 g/mol. The first-order chi connectivity index (χ1) is 13.1. The number of nitrogens with one attached hydrogen (secondary N) is 1. The number of imide groups is 1. The third-order valence-corrected chi connectivity index (χ3v) is 5.74. The van der Waals surface area contributed by atoms with Crippen molar-refractivity contribution in [2.75, 3.05) is 11.9 Å². The Balaban J connectivity index is 1.33. The number of hydrogen-bond donors (Lipinski definition) is 1. The number of amides is 3. The molecule has 0 unspecified atom stereocenters. The molecule has 1 fully saturated rings. The van der Waals surface area contributed by atoms with Gasteiger partial charge in [0.25, 0.3) is 0 Å². The Morgan fingerprint density at radius 3 is 2.44 bits per heavy atom. The van der Waals surface area contributed by atoms with Crippen molar-refractivity contribution in [3.05, 3.63) is 47.9 Å². The maximum Gasteiger partial charge on any atom is 0.233 e. The lowest BCUT2D eigenvalue weighted by Gasteiger charge is -2.14. The van der Waals surface area contributed by atoms with Crippen molar-refractivity contribution in [1.82, 2.24) is 9.88 Å². The molecule has 0 radical (unpaired) electrons. The zero-order chi connectivity index (χ0) is 18.8. The Morgan fingerprint density at radius 1 is 1.11 bits per heavy atom. The molecule has 6 nitrogen and oxygen atoms in total. The van der Waals surface area contributed by atoms with Crippen LogP contribution in [-0.2, 0) is 14.4 Å². The lowest BCUT2D eigenvalue weighted by Crippen LogP contribution is -2.34. The number of nitrogens with zero attached hydrogens (tertiary/aromatic N) is 2. The molecule has 7 heteroatoms. The van der Waals surface area contributed by atoms with Crippen LogP contribution in [0.3, 0.4) is 0 Å². The van der Waals surface area contributed by atoms with E-state index >= 15 is 0 Å². The fourth-order valence-electron chi connectivity index (χ4n) is 3.56. The van der Waals surface area contributed by atoms with Crippen molar-refractivity contribution < 1.29 is 14.4 Å². The number of likely N-dealkylation sites (tertiary alicyclic amines) is 1. The van der Waals surface area contributed by atoms with Crippen molar-refractivity contribution in [2.24, 2.45) is 11.8 Å². The number of carbonyl (C=O) groups excluding carboxylic acids is 3. The zero-order valence-corrected chi connectivity index (χ0v) is 15.4. The van der Waals surface area contributed by atoms with Crippen LogP contribution in [0.1, 0.15) is 19.3 Å². The van der Waals surface area contributed by atoms with Crippen LogP contribution >= 0.6 is 11.3 Å². The molecule has 2 aromatic rings. The number of hydrogen-bond acceptors (Lipinski definition) is 5. The van der Waals surface area contributed by atoms with Crippen LogP contribution in [0.5, 0.6) is 0 Å². The molecule has 1 aromatic heterocycles. The van der Waals surface area contributed by atoms with Crippen LogP contribution in [0, 0.1) is 11.8 Å². The van der Waals surface area contributed by atoms with Crippen LogP contribution in [0.25, 0.3) is 11.3 Å². The van der Waals surface area contributed by atoms with E-state index in [1.807, 2.05) is 47.9 Å². The molecule has 0 spiro atoms. The molecule has 1 aromatic carbocycles. The van der Waals surface area contributed by atoms with Gasteiger partial charge in [-0.15, -0.1) is 11.3 Å². The summed E-state index contributed by atoms with van der Waals surface area (Å²) in [4.78, 5) is 42.7. The van der Waals surface area contributed by atoms with Crippen LogP contribution < -0.4 is 5.32 Å². The third-order valence-electron chi connectivity index (χ3n) is 4.98. The summed E-state index contributed by atoms with van der Waals surface area (Å²) in [5.41, 5.74) is 1.79. The van der Waals surface area contributed by atoms with E-state index in [0.717, 1.165) is 11.3 Å². The molecule has 3 amide bonds. The number of anilines is 1. The van der Waals surface area contributed by atoms with Gasteiger partial charge in [0.2, 0.25) is 17.7 Å². The van der Waals surface area contributed by atoms with Crippen molar-refractivity contribution in [3.8, 4) is 11.3 Å². The van der Waals surface area contributed by atoms with Crippen molar-refractivity contribution in [3.63, 3.8) is 0 Å². The second-order valence-corrected chi connectivity index (χ2v) is 7.54. The summed E-state index contributed by atoms with van der Waals surface area (Å²) in [6, 6.07) is 9.72. The van der Waals surface area contributed by atoms with Gasteiger partial charge >= 0.3 is 0 Å². The van der Waals surface area contributed by atoms with Gasteiger partial charge < -0.3 is 5.32 Å². The zero-order valence-electron chi connectivity index (χ0n) is 14.6. The highest BCUT2D eigenvalue weighted by Gasteiger charge is 2.46. The standard InChI is InChI=1S/C20H19N3O3S/c24-17(22-20-21-16(12-27-20)13-6-2-1-3-7-13)10-11-23-18(25)14-8-4-5-9-15(14)19(23)26/h1-7,12,14-15H,8-11H2,(H,21,22,24)/t14-,15-/m1/s1. The van der Waals surface area contributed by atoms with Crippen LogP contribution in [0.15, 0.2) is 47.9 Å². The van der Waals surface area contributed by atoms with Gasteiger partial charge in [-0.05, 0) is 12.8 Å². The highest BCUT2D eigenvalue weighted by molar-refractivity contribution is 7.14. The first kappa shape index (κ1) is 17.6. The third kappa shape index (κ3) is 3.55. The van der Waals surface area contributed by atoms with Gasteiger partial charge in [0, 0.05) is 23.9 Å². The van der Waals surface area contributed by atoms with E-state index in [2.05, 4.69) is 10.3 Å². The van der Waals surface area contributed by atoms with Gasteiger partial charge in [0.1, 0.15) is 0 Å². The van der Waals surface area contributed by atoms with E-state index in [0.29, 0.717) is 18.0 Å². The van der Waals surface area contributed by atoms with Gasteiger partial charge in [-0.1, -0.05) is 42.5 Å². The molecule has 2 aliphatic rings. The highest BCUT2D eigenvalue weighted by atomic mass is 32.1. The smallest absolute Gasteiger partial charge is 0.233 e. The number of aromatic nitrogens is 1. The second kappa shape index (κ2) is 7.44. The van der Waals surface area contributed by atoms with Gasteiger partial charge in [-0.25, -0.2) is 4.98 Å². The number of carbonyl (C=O) groups is 3. The molecule has 27 heavy (non-hydrogen) atoms. The normalized spacial score (nSPS) is 21.4. The van der Waals surface area contributed by atoms with E-state index in [9.17, 15) is 14.4 Å². The minimum Gasteiger partial charge on any atom is -0.302 e. The summed E-state index contributed by atoms with van der Waals surface area (Å²) in [7, 11) is 0. The van der Waals surface area contributed by atoms with Gasteiger partial charge in [-0.2, -0.15) is 0 Å². The number of fused-ring (bicyclic) bond motifs is 1. The Hall–Kier alpha value is -2.80. The summed E-state index contributed by atoms with van der Waals surface area (Å²) < 4.78 is 0. The first-order valence-electron chi connectivity index (χ1n) is 8.94. The Morgan fingerprint density at radius 2 is 1.78 bits per heavy atom. The van der Waals surface area contributed by atoms with Gasteiger partial charge in [-0.3, -0.25) is 19.3 Å². The molecule has 1 N–H and O–H groups in total. The average Bonchev–Trinajstić information content (AvgIpc) is 3.25. The molecule has 0 saturated carbocycles. The minimum atomic E-state index is -0.252. The summed E-state index contributed by atoms with van der Waals surface area (Å²) in [5.74, 6) is -1.06. The Bertz CT molecular complexity index is 880. The van der Waals surface area contributed by atoms with E-state index in [-0.39, 0.29) is 42.5 Å². The fourth-order valence-corrected chi connectivity index (χ4v) is 4.29. The Labute approximate surface area is 160 Å². The monoisotopic (exact) mass is 381 g/mol. The van der Waals surface area contributed by atoms with E-state index in [4.69, 9.17) is 0 Å². The maximum absolute atomic E-state index is 12.4. The number of allylic oxidation sites excluding steroid dienone is 2. The van der Waals surface area contributed by atoms with E-state index in [1.54, 1.807) is 0 Å². The molecule has 0 bridgehead atoms. The number of thiazole rings is 1. The summed E-state index contributed by atoms with van der Waals surface area (Å²) >= 11 is 1.35. The van der Waals surface area contributed by atoms with Crippen molar-refractivity contribution >= 4 is 34.2 Å². The minimum absolute atomic E-state index is 0.0740. The van der Waals surface area contributed by atoms with Crippen molar-refractivity contribution in [2.45, 2.75) is 19.3 Å². The molecule has 2 heterocycles. The van der Waals surface area contributed by atoms with Crippen LogP contribution in [0.2, 0.25) is 0 Å². The van der Waals surface area contributed by atoms with Crippen LogP contribution in [0.4, 0.5) is 5.13 Å². The summed E-state index contributed by atoms with van der Waals surface area (Å²) in [6.07, 6.45) is 5.20. The molecule has 4 rings (SSSR count). The predicted molar refractivity (Wildman–Crippen MR) is 103 cm³/mol. The van der Waals surface area contributed by atoms with E-state index in [1.165, 1.54) is 16.2 Å². The lowest BCUT2D eigenvalue weighted by atomic mass is 9.85. The maximum atomic E-state index is 12.4. The van der Waals surface area contributed by atoms with Gasteiger partial charge in [0.15, 0.2) is 5.13 Å².